The van der Waals surface area contributed by atoms with Crippen molar-refractivity contribution in [3.05, 3.63) is 29.6 Å². The summed E-state index contributed by atoms with van der Waals surface area (Å²) in [5.74, 6) is 1.30. The van der Waals surface area contributed by atoms with Gasteiger partial charge in [0.25, 0.3) is 0 Å². The summed E-state index contributed by atoms with van der Waals surface area (Å²) in [5.41, 5.74) is 0.854. The number of ether oxygens (including phenoxy) is 1. The molecule has 2 fully saturated rings. The SMILES string of the molecule is CN=C(NCCN1CCN(C(=O)C2CCCC2)CC1)N(C)Cc1ccc(OC)c(F)c1.I. The van der Waals surface area contributed by atoms with Gasteiger partial charge in [-0.15, -0.1) is 24.0 Å². The van der Waals surface area contributed by atoms with Crippen LogP contribution in [0.3, 0.4) is 0 Å². The summed E-state index contributed by atoms with van der Waals surface area (Å²) < 4.78 is 18.9. The minimum absolute atomic E-state index is 0. The van der Waals surface area contributed by atoms with Crippen molar-refractivity contribution in [3.63, 3.8) is 0 Å². The fourth-order valence-electron chi connectivity index (χ4n) is 4.49. The van der Waals surface area contributed by atoms with Crippen LogP contribution in [-0.4, -0.2) is 87.0 Å². The Balaban J connectivity index is 0.00000363. The van der Waals surface area contributed by atoms with Crippen LogP contribution >= 0.6 is 24.0 Å². The summed E-state index contributed by atoms with van der Waals surface area (Å²) in [6.07, 6.45) is 4.54. The molecule has 0 radical (unpaired) electrons. The lowest BCUT2D eigenvalue weighted by Gasteiger charge is -2.36. The first-order chi connectivity index (χ1) is 15.0. The smallest absolute Gasteiger partial charge is 0.225 e. The van der Waals surface area contributed by atoms with Gasteiger partial charge in [0.05, 0.1) is 7.11 Å². The molecule has 9 heteroatoms. The minimum atomic E-state index is -0.359. The Morgan fingerprint density at radius 1 is 1.25 bits per heavy atom. The zero-order valence-corrected chi connectivity index (χ0v) is 21.8. The lowest BCUT2D eigenvalue weighted by molar-refractivity contribution is -0.137. The van der Waals surface area contributed by atoms with Crippen LogP contribution in [0.25, 0.3) is 0 Å². The number of benzene rings is 1. The molecule has 180 valence electrons. The Kier molecular flexibility index (Phi) is 11.0. The second kappa shape index (κ2) is 13.2. The number of halogens is 2. The number of guanidine groups is 1. The van der Waals surface area contributed by atoms with Gasteiger partial charge < -0.3 is 19.9 Å². The van der Waals surface area contributed by atoms with E-state index in [0.717, 1.165) is 63.6 Å². The molecule has 1 aromatic carbocycles. The molecular formula is C23H37FIN5O2. The third-order valence-electron chi connectivity index (χ3n) is 6.31. The van der Waals surface area contributed by atoms with E-state index in [-0.39, 0.29) is 41.5 Å². The maximum atomic E-state index is 13.9. The van der Waals surface area contributed by atoms with E-state index >= 15 is 0 Å². The zero-order chi connectivity index (χ0) is 22.2. The van der Waals surface area contributed by atoms with E-state index in [1.54, 1.807) is 13.1 Å². The summed E-state index contributed by atoms with van der Waals surface area (Å²) in [7, 11) is 5.15. The van der Waals surface area contributed by atoms with Gasteiger partial charge in [0.15, 0.2) is 17.5 Å². The summed E-state index contributed by atoms with van der Waals surface area (Å²) in [4.78, 5) is 23.3. The van der Waals surface area contributed by atoms with Gasteiger partial charge in [0.1, 0.15) is 0 Å². The van der Waals surface area contributed by atoms with E-state index in [4.69, 9.17) is 4.74 Å². The van der Waals surface area contributed by atoms with Crippen LogP contribution in [-0.2, 0) is 11.3 Å². The van der Waals surface area contributed by atoms with E-state index in [1.165, 1.54) is 26.0 Å². The van der Waals surface area contributed by atoms with Gasteiger partial charge in [-0.25, -0.2) is 4.39 Å². The Morgan fingerprint density at radius 2 is 1.94 bits per heavy atom. The number of nitrogens with one attached hydrogen (secondary N) is 1. The van der Waals surface area contributed by atoms with Crippen molar-refractivity contribution in [2.24, 2.45) is 10.9 Å². The van der Waals surface area contributed by atoms with Gasteiger partial charge >= 0.3 is 0 Å². The molecule has 1 saturated heterocycles. The van der Waals surface area contributed by atoms with Gasteiger partial charge in [0, 0.05) is 65.8 Å². The van der Waals surface area contributed by atoms with Crippen molar-refractivity contribution in [2.45, 2.75) is 32.2 Å². The van der Waals surface area contributed by atoms with Crippen molar-refractivity contribution in [3.8, 4) is 5.75 Å². The Hall–Kier alpha value is -1.62. The maximum Gasteiger partial charge on any atom is 0.225 e. The van der Waals surface area contributed by atoms with Crippen molar-refractivity contribution >= 4 is 35.8 Å². The van der Waals surface area contributed by atoms with E-state index in [0.29, 0.717) is 12.5 Å². The predicted octanol–water partition coefficient (Wildman–Crippen LogP) is 2.79. The number of amides is 1. The van der Waals surface area contributed by atoms with E-state index in [9.17, 15) is 9.18 Å². The number of nitrogens with zero attached hydrogens (tertiary/aromatic N) is 4. The lowest BCUT2D eigenvalue weighted by atomic mass is 10.1. The van der Waals surface area contributed by atoms with Crippen LogP contribution in [0.1, 0.15) is 31.2 Å². The first kappa shape index (κ1) is 26.6. The Labute approximate surface area is 208 Å². The van der Waals surface area contributed by atoms with E-state index in [1.807, 2.05) is 18.0 Å². The predicted molar refractivity (Wildman–Crippen MR) is 136 cm³/mol. The highest BCUT2D eigenvalue weighted by Gasteiger charge is 2.29. The molecule has 0 atom stereocenters. The average molecular weight is 561 g/mol. The second-order valence-corrected chi connectivity index (χ2v) is 8.45. The number of hydrogen-bond donors (Lipinski definition) is 1. The van der Waals surface area contributed by atoms with Crippen LogP contribution in [0.4, 0.5) is 4.39 Å². The van der Waals surface area contributed by atoms with Crippen LogP contribution in [0.15, 0.2) is 23.2 Å². The van der Waals surface area contributed by atoms with E-state index < -0.39 is 0 Å². The van der Waals surface area contributed by atoms with Crippen molar-refractivity contribution < 1.29 is 13.9 Å². The number of carbonyl (C=O) groups excluding carboxylic acids is 1. The fourth-order valence-corrected chi connectivity index (χ4v) is 4.49. The monoisotopic (exact) mass is 561 g/mol. The topological polar surface area (TPSA) is 60.4 Å². The summed E-state index contributed by atoms with van der Waals surface area (Å²) >= 11 is 0. The molecule has 1 aromatic rings. The first-order valence-corrected chi connectivity index (χ1v) is 11.3. The molecule has 0 spiro atoms. The lowest BCUT2D eigenvalue weighted by Crippen LogP contribution is -2.51. The highest BCUT2D eigenvalue weighted by Crippen LogP contribution is 2.26. The molecule has 1 amide bonds. The van der Waals surface area contributed by atoms with Gasteiger partial charge in [-0.1, -0.05) is 18.9 Å². The minimum Gasteiger partial charge on any atom is -0.494 e. The summed E-state index contributed by atoms with van der Waals surface area (Å²) in [5, 5.41) is 3.39. The summed E-state index contributed by atoms with van der Waals surface area (Å²) in [6.45, 7) is 5.70. The number of piperazine rings is 1. The molecular weight excluding hydrogens is 524 g/mol. The van der Waals surface area contributed by atoms with Crippen LogP contribution in [0.5, 0.6) is 5.75 Å². The Bertz CT molecular complexity index is 765. The number of aliphatic imine (C=N–C) groups is 1. The number of carbonyl (C=O) groups is 1. The Morgan fingerprint density at radius 3 is 2.53 bits per heavy atom. The quantitative estimate of drug-likeness (QED) is 0.316. The molecule has 1 aliphatic carbocycles. The van der Waals surface area contributed by atoms with Crippen molar-refractivity contribution in [1.82, 2.24) is 20.0 Å². The molecule has 0 aromatic heterocycles. The highest BCUT2D eigenvalue weighted by atomic mass is 127. The van der Waals surface area contributed by atoms with E-state index in [2.05, 4.69) is 20.1 Å². The van der Waals surface area contributed by atoms with Gasteiger partial charge in [-0.3, -0.25) is 14.7 Å². The third kappa shape index (κ3) is 7.19. The summed E-state index contributed by atoms with van der Waals surface area (Å²) in [6, 6.07) is 5.00. The molecule has 1 aliphatic heterocycles. The van der Waals surface area contributed by atoms with Gasteiger partial charge in [0.2, 0.25) is 5.91 Å². The van der Waals surface area contributed by atoms with Gasteiger partial charge in [-0.05, 0) is 30.5 Å². The maximum absolute atomic E-state index is 13.9. The molecule has 0 bridgehead atoms. The molecule has 7 nitrogen and oxygen atoms in total. The molecule has 1 heterocycles. The first-order valence-electron chi connectivity index (χ1n) is 11.3. The van der Waals surface area contributed by atoms with Crippen LogP contribution in [0.2, 0.25) is 0 Å². The molecule has 2 aliphatic rings. The molecule has 32 heavy (non-hydrogen) atoms. The largest absolute Gasteiger partial charge is 0.494 e. The zero-order valence-electron chi connectivity index (χ0n) is 19.5. The van der Waals surface area contributed by atoms with Crippen LogP contribution in [0, 0.1) is 11.7 Å². The molecule has 0 unspecified atom stereocenters. The molecule has 1 saturated carbocycles. The number of rotatable bonds is 7. The van der Waals surface area contributed by atoms with Crippen LogP contribution < -0.4 is 10.1 Å². The average Bonchev–Trinajstić information content (AvgIpc) is 3.32. The van der Waals surface area contributed by atoms with Gasteiger partial charge in [-0.2, -0.15) is 0 Å². The highest BCUT2D eigenvalue weighted by molar-refractivity contribution is 14.0. The van der Waals surface area contributed by atoms with Crippen molar-refractivity contribution in [2.75, 3.05) is 60.5 Å². The molecule has 1 N–H and O–H groups in total. The number of hydrogen-bond acceptors (Lipinski definition) is 4. The fraction of sp³-hybridized carbons (Fsp3) is 0.652. The second-order valence-electron chi connectivity index (χ2n) is 8.45. The number of methoxy groups -OCH3 is 1. The van der Waals surface area contributed by atoms with Crippen molar-refractivity contribution in [1.29, 1.82) is 0 Å². The third-order valence-corrected chi connectivity index (χ3v) is 6.31. The standard InChI is InChI=1S/C23H36FN5O2.HI/c1-25-23(27(2)17-18-8-9-21(31-3)20(24)16-18)26-10-11-28-12-14-29(15-13-28)22(30)19-6-4-5-7-19;/h8-9,16,19H,4-7,10-15,17H2,1-3H3,(H,25,26);1H. The normalized spacial score (nSPS) is 17.8. The molecule has 3 rings (SSSR count).